The molecule has 2 rings (SSSR count). The van der Waals surface area contributed by atoms with E-state index in [0.717, 1.165) is 36.7 Å². The standard InChI is InChI=1S/C17H20N2O2/c1-2-21-17(20)6-4-3-5-10-19-11-9-15-8-7-14(13-18)12-16(15)19/h7-9,11-12H,2-6,10H2,1H3. The minimum atomic E-state index is -0.109. The number of nitrogens with zero attached hydrogens (tertiary/aromatic N) is 2. The summed E-state index contributed by atoms with van der Waals surface area (Å²) in [7, 11) is 0. The highest BCUT2D eigenvalue weighted by molar-refractivity contribution is 5.81. The Bertz CT molecular complexity index is 652. The third-order valence-electron chi connectivity index (χ3n) is 3.49. The molecule has 0 amide bonds. The molecule has 0 saturated heterocycles. The Balaban J connectivity index is 1.84. The Kier molecular flexibility index (Phi) is 5.39. The van der Waals surface area contributed by atoms with Gasteiger partial charge in [0.1, 0.15) is 0 Å². The molecule has 2 aromatic rings. The normalized spacial score (nSPS) is 10.5. The number of hydrogen-bond donors (Lipinski definition) is 0. The number of benzene rings is 1. The van der Waals surface area contributed by atoms with Crippen LogP contribution in [0.5, 0.6) is 0 Å². The first-order valence-electron chi connectivity index (χ1n) is 7.39. The van der Waals surface area contributed by atoms with Crippen molar-refractivity contribution in [2.75, 3.05) is 6.61 Å². The second-order valence-corrected chi connectivity index (χ2v) is 5.01. The molecule has 0 fully saturated rings. The van der Waals surface area contributed by atoms with Gasteiger partial charge in [0.2, 0.25) is 0 Å². The van der Waals surface area contributed by atoms with E-state index in [0.29, 0.717) is 18.6 Å². The number of ether oxygens (including phenoxy) is 1. The molecule has 0 N–H and O–H groups in total. The van der Waals surface area contributed by atoms with Crippen molar-refractivity contribution in [1.82, 2.24) is 4.57 Å². The number of esters is 1. The molecular formula is C17H20N2O2. The Labute approximate surface area is 124 Å². The van der Waals surface area contributed by atoms with Crippen LogP contribution >= 0.6 is 0 Å². The topological polar surface area (TPSA) is 55.0 Å². The highest BCUT2D eigenvalue weighted by Gasteiger charge is 2.04. The number of carbonyl (C=O) groups is 1. The monoisotopic (exact) mass is 284 g/mol. The lowest BCUT2D eigenvalue weighted by atomic mass is 10.1. The smallest absolute Gasteiger partial charge is 0.305 e. The largest absolute Gasteiger partial charge is 0.466 e. The first kappa shape index (κ1) is 15.1. The van der Waals surface area contributed by atoms with Crippen molar-refractivity contribution in [1.29, 1.82) is 5.26 Å². The van der Waals surface area contributed by atoms with Crippen LogP contribution in [0, 0.1) is 11.3 Å². The van der Waals surface area contributed by atoms with Gasteiger partial charge in [-0.2, -0.15) is 5.26 Å². The zero-order valence-corrected chi connectivity index (χ0v) is 12.3. The summed E-state index contributed by atoms with van der Waals surface area (Å²) in [5.41, 5.74) is 1.78. The van der Waals surface area contributed by atoms with E-state index in [9.17, 15) is 4.79 Å². The molecule has 4 nitrogen and oxygen atoms in total. The van der Waals surface area contributed by atoms with Crippen LogP contribution in [0.2, 0.25) is 0 Å². The van der Waals surface area contributed by atoms with Gasteiger partial charge < -0.3 is 9.30 Å². The predicted molar refractivity (Wildman–Crippen MR) is 81.8 cm³/mol. The highest BCUT2D eigenvalue weighted by atomic mass is 16.5. The highest BCUT2D eigenvalue weighted by Crippen LogP contribution is 2.18. The molecule has 0 aliphatic rings. The summed E-state index contributed by atoms with van der Waals surface area (Å²) >= 11 is 0. The maximum atomic E-state index is 11.2. The van der Waals surface area contributed by atoms with Gasteiger partial charge in [-0.25, -0.2) is 0 Å². The minimum absolute atomic E-state index is 0.109. The summed E-state index contributed by atoms with van der Waals surface area (Å²) in [4.78, 5) is 11.2. The maximum Gasteiger partial charge on any atom is 0.305 e. The Morgan fingerprint density at radius 2 is 2.14 bits per heavy atom. The number of aryl methyl sites for hydroxylation is 1. The number of aromatic nitrogens is 1. The van der Waals surface area contributed by atoms with Crippen molar-refractivity contribution in [3.05, 3.63) is 36.0 Å². The lowest BCUT2D eigenvalue weighted by Gasteiger charge is -2.06. The number of hydrogen-bond acceptors (Lipinski definition) is 3. The van der Waals surface area contributed by atoms with Crippen LogP contribution in [-0.2, 0) is 16.1 Å². The van der Waals surface area contributed by atoms with Gasteiger partial charge in [-0.15, -0.1) is 0 Å². The molecule has 0 atom stereocenters. The summed E-state index contributed by atoms with van der Waals surface area (Å²) in [6.45, 7) is 3.18. The van der Waals surface area contributed by atoms with Gasteiger partial charge >= 0.3 is 5.97 Å². The van der Waals surface area contributed by atoms with Gasteiger partial charge in [0.05, 0.1) is 18.2 Å². The van der Waals surface area contributed by atoms with Crippen LogP contribution in [0.1, 0.15) is 38.2 Å². The number of carbonyl (C=O) groups excluding carboxylic acids is 1. The fraction of sp³-hybridized carbons (Fsp3) is 0.412. The molecule has 0 bridgehead atoms. The molecule has 110 valence electrons. The fourth-order valence-corrected chi connectivity index (χ4v) is 2.41. The number of fused-ring (bicyclic) bond motifs is 1. The van der Waals surface area contributed by atoms with Crippen LogP contribution < -0.4 is 0 Å². The van der Waals surface area contributed by atoms with E-state index in [4.69, 9.17) is 10.00 Å². The lowest BCUT2D eigenvalue weighted by Crippen LogP contribution is -2.03. The van der Waals surface area contributed by atoms with Crippen LogP contribution in [0.3, 0.4) is 0 Å². The zero-order chi connectivity index (χ0) is 15.1. The molecule has 1 aromatic carbocycles. The summed E-state index contributed by atoms with van der Waals surface area (Å²) in [6, 6.07) is 9.98. The third-order valence-corrected chi connectivity index (χ3v) is 3.49. The third kappa shape index (κ3) is 4.09. The fourth-order valence-electron chi connectivity index (χ4n) is 2.41. The number of unbranched alkanes of at least 4 members (excludes halogenated alkanes) is 2. The first-order valence-corrected chi connectivity index (χ1v) is 7.39. The van der Waals surface area contributed by atoms with E-state index < -0.39 is 0 Å². The Morgan fingerprint density at radius 3 is 2.90 bits per heavy atom. The van der Waals surface area contributed by atoms with Gasteiger partial charge in [-0.1, -0.05) is 12.5 Å². The van der Waals surface area contributed by atoms with Gasteiger partial charge in [0.15, 0.2) is 0 Å². The molecule has 4 heteroatoms. The average Bonchev–Trinajstić information content (AvgIpc) is 2.89. The van der Waals surface area contributed by atoms with Crippen LogP contribution in [0.25, 0.3) is 10.9 Å². The van der Waals surface area contributed by atoms with Crippen molar-refractivity contribution in [2.45, 2.75) is 39.2 Å². The van der Waals surface area contributed by atoms with Crippen molar-refractivity contribution in [2.24, 2.45) is 0 Å². The van der Waals surface area contributed by atoms with Crippen LogP contribution in [0.15, 0.2) is 30.5 Å². The van der Waals surface area contributed by atoms with Crippen LogP contribution in [0.4, 0.5) is 0 Å². The molecule has 1 heterocycles. The van der Waals surface area contributed by atoms with E-state index in [1.165, 1.54) is 0 Å². The molecule has 1 aromatic heterocycles. The van der Waals surface area contributed by atoms with Gasteiger partial charge in [-0.3, -0.25) is 4.79 Å². The lowest BCUT2D eigenvalue weighted by molar-refractivity contribution is -0.143. The number of nitriles is 1. The molecule has 0 radical (unpaired) electrons. The van der Waals surface area contributed by atoms with E-state index >= 15 is 0 Å². The Morgan fingerprint density at radius 1 is 1.29 bits per heavy atom. The van der Waals surface area contributed by atoms with E-state index in [2.05, 4.69) is 22.9 Å². The molecule has 0 saturated carbocycles. The van der Waals surface area contributed by atoms with E-state index in [-0.39, 0.29) is 5.97 Å². The molecule has 0 spiro atoms. The average molecular weight is 284 g/mol. The van der Waals surface area contributed by atoms with E-state index in [1.807, 2.05) is 25.1 Å². The molecule has 21 heavy (non-hydrogen) atoms. The molecule has 0 aliphatic carbocycles. The van der Waals surface area contributed by atoms with Gasteiger partial charge in [0, 0.05) is 24.7 Å². The molecular weight excluding hydrogens is 264 g/mol. The van der Waals surface area contributed by atoms with Crippen LogP contribution in [-0.4, -0.2) is 17.1 Å². The van der Waals surface area contributed by atoms with Crippen molar-refractivity contribution >= 4 is 16.9 Å². The summed E-state index contributed by atoms with van der Waals surface area (Å²) in [5.74, 6) is -0.109. The summed E-state index contributed by atoms with van der Waals surface area (Å²) < 4.78 is 7.07. The zero-order valence-electron chi connectivity index (χ0n) is 12.3. The second kappa shape index (κ2) is 7.49. The maximum absolute atomic E-state index is 11.2. The minimum Gasteiger partial charge on any atom is -0.466 e. The van der Waals surface area contributed by atoms with Crippen molar-refractivity contribution in [3.8, 4) is 6.07 Å². The summed E-state index contributed by atoms with van der Waals surface area (Å²) in [5, 5.41) is 10.1. The van der Waals surface area contributed by atoms with Gasteiger partial charge in [-0.05, 0) is 43.4 Å². The Hall–Kier alpha value is -2.28. The van der Waals surface area contributed by atoms with E-state index in [1.54, 1.807) is 0 Å². The van der Waals surface area contributed by atoms with Crippen molar-refractivity contribution < 1.29 is 9.53 Å². The quantitative estimate of drug-likeness (QED) is 0.576. The SMILES string of the molecule is CCOC(=O)CCCCCn1ccc2ccc(C#N)cc21. The predicted octanol–water partition coefficient (Wildman–Crippen LogP) is 3.64. The molecule has 0 aliphatic heterocycles. The van der Waals surface area contributed by atoms with Crippen molar-refractivity contribution in [3.63, 3.8) is 0 Å². The van der Waals surface area contributed by atoms with Gasteiger partial charge in [0.25, 0.3) is 0 Å². The molecule has 0 unspecified atom stereocenters. The second-order valence-electron chi connectivity index (χ2n) is 5.01. The first-order chi connectivity index (χ1) is 10.2. The number of rotatable bonds is 7. The summed E-state index contributed by atoms with van der Waals surface area (Å²) in [6.07, 6.45) is 5.42.